The number of ketones is 1. The average molecular weight is 306 g/mol. The van der Waals surface area contributed by atoms with Gasteiger partial charge >= 0.3 is 6.09 Å². The number of nitrogens with zero attached hydrogens (tertiary/aromatic N) is 1. The molecule has 2 amide bonds. The van der Waals surface area contributed by atoms with Gasteiger partial charge in [0.1, 0.15) is 6.04 Å². The third-order valence-electron chi connectivity index (χ3n) is 3.06. The summed E-state index contributed by atoms with van der Waals surface area (Å²) in [7, 11) is 3.20. The second-order valence-electron chi connectivity index (χ2n) is 4.98. The molecule has 22 heavy (non-hydrogen) atoms. The summed E-state index contributed by atoms with van der Waals surface area (Å²) >= 11 is 0. The molecule has 0 heterocycles. The van der Waals surface area contributed by atoms with Crippen LogP contribution in [0.2, 0.25) is 0 Å². The van der Waals surface area contributed by atoms with Crippen molar-refractivity contribution in [3.63, 3.8) is 0 Å². The fourth-order valence-corrected chi connectivity index (χ4v) is 1.93. The Labute approximate surface area is 130 Å². The fraction of sp³-hybridized carbons (Fsp3) is 0.438. The highest BCUT2D eigenvalue weighted by Gasteiger charge is 2.23. The number of likely N-dealkylation sites (N-methyl/N-ethyl adjacent to an activating group) is 1. The van der Waals surface area contributed by atoms with Gasteiger partial charge in [-0.05, 0) is 13.3 Å². The van der Waals surface area contributed by atoms with Crippen molar-refractivity contribution in [2.24, 2.45) is 0 Å². The molecule has 0 aliphatic heterocycles. The topological polar surface area (TPSA) is 75.7 Å². The highest BCUT2D eigenvalue weighted by Crippen LogP contribution is 2.08. The zero-order chi connectivity index (χ0) is 16.5. The molecule has 1 rings (SSSR count). The van der Waals surface area contributed by atoms with E-state index in [0.717, 1.165) is 0 Å². The Hall–Kier alpha value is -2.37. The summed E-state index contributed by atoms with van der Waals surface area (Å²) in [5.74, 6) is -0.336. The number of rotatable bonds is 7. The highest BCUT2D eigenvalue weighted by atomic mass is 16.5. The van der Waals surface area contributed by atoms with Crippen LogP contribution in [0.15, 0.2) is 30.3 Å². The molecule has 1 aromatic rings. The normalized spacial score (nSPS) is 11.4. The van der Waals surface area contributed by atoms with Gasteiger partial charge in [-0.1, -0.05) is 30.3 Å². The van der Waals surface area contributed by atoms with Gasteiger partial charge in [-0.25, -0.2) is 4.79 Å². The molecule has 6 nitrogen and oxygen atoms in total. The molecule has 120 valence electrons. The van der Waals surface area contributed by atoms with Crippen LogP contribution in [0.3, 0.4) is 0 Å². The summed E-state index contributed by atoms with van der Waals surface area (Å²) in [5.41, 5.74) is 0.592. The van der Waals surface area contributed by atoms with Crippen molar-refractivity contribution in [2.75, 3.05) is 20.7 Å². The van der Waals surface area contributed by atoms with Gasteiger partial charge < -0.3 is 15.0 Å². The standard InChI is InChI=1S/C16H22N2O4/c1-4-22-16(21)17-13(15(20)18(2)3)10-11-14(19)12-8-6-5-7-9-12/h5-9,13H,4,10-11H2,1-3H3,(H,17,21)/t13-/m0/s1. The smallest absolute Gasteiger partial charge is 0.407 e. The van der Waals surface area contributed by atoms with Gasteiger partial charge in [0.25, 0.3) is 0 Å². The SMILES string of the molecule is CCOC(=O)N[C@@H](CCC(=O)c1ccccc1)C(=O)N(C)C. The van der Waals surface area contributed by atoms with E-state index in [1.807, 2.05) is 6.07 Å². The number of carbonyl (C=O) groups excluding carboxylic acids is 3. The molecule has 0 aromatic heterocycles. The van der Waals surface area contributed by atoms with Gasteiger partial charge in [0.2, 0.25) is 5.91 Å². The van der Waals surface area contributed by atoms with E-state index in [9.17, 15) is 14.4 Å². The Kier molecular flexibility index (Phi) is 7.08. The molecule has 0 unspecified atom stereocenters. The van der Waals surface area contributed by atoms with Crippen molar-refractivity contribution in [2.45, 2.75) is 25.8 Å². The summed E-state index contributed by atoms with van der Waals surface area (Å²) in [6.45, 7) is 1.90. The van der Waals surface area contributed by atoms with Crippen LogP contribution in [0.4, 0.5) is 4.79 Å². The van der Waals surface area contributed by atoms with Gasteiger partial charge in [-0.2, -0.15) is 0 Å². The number of nitrogens with one attached hydrogen (secondary N) is 1. The molecule has 1 atom stereocenters. The summed E-state index contributed by atoms with van der Waals surface area (Å²) in [6.07, 6.45) is -0.264. The molecule has 0 fully saturated rings. The second kappa shape index (κ2) is 8.81. The van der Waals surface area contributed by atoms with E-state index in [-0.39, 0.29) is 31.1 Å². The van der Waals surface area contributed by atoms with Crippen LogP contribution in [0, 0.1) is 0 Å². The Morgan fingerprint density at radius 1 is 1.18 bits per heavy atom. The van der Waals surface area contributed by atoms with Crippen LogP contribution in [0.1, 0.15) is 30.1 Å². The predicted octanol–water partition coefficient (Wildman–Crippen LogP) is 1.85. The van der Waals surface area contributed by atoms with Crippen LogP contribution in [-0.4, -0.2) is 49.4 Å². The van der Waals surface area contributed by atoms with Crippen molar-refractivity contribution >= 4 is 17.8 Å². The number of benzene rings is 1. The lowest BCUT2D eigenvalue weighted by Crippen LogP contribution is -2.46. The first kappa shape index (κ1) is 17.7. The van der Waals surface area contributed by atoms with Crippen molar-refractivity contribution in [3.05, 3.63) is 35.9 Å². The van der Waals surface area contributed by atoms with Gasteiger partial charge in [0.15, 0.2) is 5.78 Å². The number of amides is 2. The number of Topliss-reactive ketones (excluding diaryl/α,β-unsaturated/α-hetero) is 1. The third kappa shape index (κ3) is 5.55. The lowest BCUT2D eigenvalue weighted by atomic mass is 10.0. The van der Waals surface area contributed by atoms with Gasteiger partial charge in [0, 0.05) is 26.1 Å². The fourth-order valence-electron chi connectivity index (χ4n) is 1.93. The van der Waals surface area contributed by atoms with Gasteiger partial charge in [0.05, 0.1) is 6.61 Å². The average Bonchev–Trinajstić information content (AvgIpc) is 2.51. The van der Waals surface area contributed by atoms with Crippen LogP contribution < -0.4 is 5.32 Å². The van der Waals surface area contributed by atoms with Crippen LogP contribution >= 0.6 is 0 Å². The number of hydrogen-bond donors (Lipinski definition) is 1. The minimum Gasteiger partial charge on any atom is -0.450 e. The Morgan fingerprint density at radius 2 is 1.82 bits per heavy atom. The van der Waals surface area contributed by atoms with Crippen LogP contribution in [-0.2, 0) is 9.53 Å². The van der Waals surface area contributed by atoms with E-state index in [1.54, 1.807) is 45.3 Å². The van der Waals surface area contributed by atoms with E-state index in [1.165, 1.54) is 4.90 Å². The quantitative estimate of drug-likeness (QED) is 0.780. The monoisotopic (exact) mass is 306 g/mol. The summed E-state index contributed by atoms with van der Waals surface area (Å²) < 4.78 is 4.79. The van der Waals surface area contributed by atoms with E-state index in [2.05, 4.69) is 5.32 Å². The molecule has 0 bridgehead atoms. The predicted molar refractivity (Wildman–Crippen MR) is 82.6 cm³/mol. The lowest BCUT2D eigenvalue weighted by Gasteiger charge is -2.21. The molecular weight excluding hydrogens is 284 g/mol. The summed E-state index contributed by atoms with van der Waals surface area (Å²) in [6, 6.07) is 8.08. The van der Waals surface area contributed by atoms with Gasteiger partial charge in [-0.3, -0.25) is 9.59 Å². The largest absolute Gasteiger partial charge is 0.450 e. The molecule has 0 saturated carbocycles. The maximum absolute atomic E-state index is 12.1. The highest BCUT2D eigenvalue weighted by molar-refractivity contribution is 5.96. The number of ether oxygens (including phenoxy) is 1. The second-order valence-corrected chi connectivity index (χ2v) is 4.98. The molecule has 1 N–H and O–H groups in total. The molecule has 0 saturated heterocycles. The number of hydrogen-bond acceptors (Lipinski definition) is 4. The summed E-state index contributed by atoms with van der Waals surface area (Å²) in [5, 5.41) is 2.50. The third-order valence-corrected chi connectivity index (χ3v) is 3.06. The first-order chi connectivity index (χ1) is 10.5. The van der Waals surface area contributed by atoms with E-state index in [4.69, 9.17) is 4.74 Å². The number of alkyl carbamates (subject to hydrolysis) is 1. The first-order valence-corrected chi connectivity index (χ1v) is 7.18. The number of carbonyl (C=O) groups is 3. The zero-order valence-corrected chi connectivity index (χ0v) is 13.2. The van der Waals surface area contributed by atoms with E-state index >= 15 is 0 Å². The molecule has 0 spiro atoms. The van der Waals surface area contributed by atoms with Crippen molar-refractivity contribution < 1.29 is 19.1 Å². The zero-order valence-electron chi connectivity index (χ0n) is 13.2. The molecule has 0 radical (unpaired) electrons. The Bertz CT molecular complexity index is 514. The lowest BCUT2D eigenvalue weighted by molar-refractivity contribution is -0.130. The van der Waals surface area contributed by atoms with Crippen molar-refractivity contribution in [1.29, 1.82) is 0 Å². The van der Waals surface area contributed by atoms with Gasteiger partial charge in [-0.15, -0.1) is 0 Å². The molecule has 6 heteroatoms. The van der Waals surface area contributed by atoms with E-state index in [0.29, 0.717) is 5.56 Å². The van der Waals surface area contributed by atoms with E-state index < -0.39 is 12.1 Å². The first-order valence-electron chi connectivity index (χ1n) is 7.18. The maximum Gasteiger partial charge on any atom is 0.407 e. The summed E-state index contributed by atoms with van der Waals surface area (Å²) in [4.78, 5) is 37.0. The Morgan fingerprint density at radius 3 is 2.36 bits per heavy atom. The Balaban J connectivity index is 2.66. The minimum atomic E-state index is -0.776. The van der Waals surface area contributed by atoms with Crippen LogP contribution in [0.5, 0.6) is 0 Å². The maximum atomic E-state index is 12.1. The molecular formula is C16H22N2O4. The van der Waals surface area contributed by atoms with Crippen molar-refractivity contribution in [3.8, 4) is 0 Å². The minimum absolute atomic E-state index is 0.0668. The van der Waals surface area contributed by atoms with Crippen LogP contribution in [0.25, 0.3) is 0 Å². The molecule has 1 aromatic carbocycles. The molecule has 0 aliphatic rings. The molecule has 0 aliphatic carbocycles. The van der Waals surface area contributed by atoms with Crippen molar-refractivity contribution in [1.82, 2.24) is 10.2 Å².